The maximum atomic E-state index is 12.8. The Bertz CT molecular complexity index is 796. The second-order valence-electron chi connectivity index (χ2n) is 8.27. The van der Waals surface area contributed by atoms with Gasteiger partial charge in [-0.25, -0.2) is 0 Å². The fourth-order valence-corrected chi connectivity index (χ4v) is 4.91. The third kappa shape index (κ3) is 3.71. The molecule has 4 rings (SSSR count). The Balaban J connectivity index is 1.39. The van der Waals surface area contributed by atoms with Crippen LogP contribution in [-0.2, 0) is 13.1 Å². The summed E-state index contributed by atoms with van der Waals surface area (Å²) in [5.41, 5.74) is 2.11. The Hall–Kier alpha value is -2.18. The number of hydrogen-bond acceptors (Lipinski definition) is 4. The van der Waals surface area contributed by atoms with E-state index in [4.69, 9.17) is 0 Å². The number of piperidine rings is 1. The number of likely N-dealkylation sites (tertiary alicyclic amines) is 2. The molecule has 0 radical (unpaired) electrons. The first kappa shape index (κ1) is 19.2. The van der Waals surface area contributed by atoms with Gasteiger partial charge in [0.1, 0.15) is 0 Å². The second kappa shape index (κ2) is 8.05. The average Bonchev–Trinajstić information content (AvgIpc) is 3.34. The summed E-state index contributed by atoms with van der Waals surface area (Å²) in [4.78, 5) is 17.2. The third-order valence-corrected chi connectivity index (χ3v) is 6.60. The molecule has 1 atom stereocenters. The first-order valence-electron chi connectivity index (χ1n) is 10.3. The summed E-state index contributed by atoms with van der Waals surface area (Å²) in [6, 6.07) is 10.5. The summed E-state index contributed by atoms with van der Waals surface area (Å²) in [6.45, 7) is 7.39. The van der Waals surface area contributed by atoms with Gasteiger partial charge in [-0.1, -0.05) is 30.3 Å². The van der Waals surface area contributed by atoms with E-state index < -0.39 is 0 Å². The van der Waals surface area contributed by atoms with Gasteiger partial charge in [0.05, 0.1) is 11.8 Å². The number of nitrogens with zero attached hydrogens (tertiary/aromatic N) is 4. The fraction of sp³-hybridized carbons (Fsp3) is 0.545. The van der Waals surface area contributed by atoms with Crippen LogP contribution in [0.3, 0.4) is 0 Å². The molecule has 2 fully saturated rings. The zero-order valence-electron chi connectivity index (χ0n) is 16.6. The van der Waals surface area contributed by atoms with E-state index >= 15 is 0 Å². The van der Waals surface area contributed by atoms with E-state index in [1.807, 2.05) is 24.1 Å². The molecule has 6 nitrogen and oxygen atoms in total. The minimum absolute atomic E-state index is 0.0780. The topological polar surface area (TPSA) is 61.6 Å². The summed E-state index contributed by atoms with van der Waals surface area (Å²) < 4.78 is 1.79. The molecule has 2 aliphatic rings. The van der Waals surface area contributed by atoms with Crippen molar-refractivity contribution in [3.8, 4) is 0 Å². The van der Waals surface area contributed by atoms with Crippen molar-refractivity contribution in [2.75, 3.05) is 32.8 Å². The van der Waals surface area contributed by atoms with E-state index in [0.717, 1.165) is 52.1 Å². The lowest BCUT2D eigenvalue weighted by molar-refractivity contribution is 0.0401. The van der Waals surface area contributed by atoms with E-state index in [0.29, 0.717) is 5.56 Å². The fourth-order valence-electron chi connectivity index (χ4n) is 4.91. The zero-order valence-corrected chi connectivity index (χ0v) is 16.6. The van der Waals surface area contributed by atoms with E-state index in [1.165, 1.54) is 5.56 Å². The monoisotopic (exact) mass is 382 g/mol. The van der Waals surface area contributed by atoms with Crippen molar-refractivity contribution >= 4 is 5.91 Å². The van der Waals surface area contributed by atoms with Crippen LogP contribution in [0.2, 0.25) is 0 Å². The molecule has 1 N–H and O–H groups in total. The zero-order chi connectivity index (χ0) is 19.6. The molecule has 3 heterocycles. The minimum Gasteiger partial charge on any atom is -0.396 e. The smallest absolute Gasteiger partial charge is 0.257 e. The second-order valence-corrected chi connectivity index (χ2v) is 8.27. The number of aromatic nitrogens is 2. The highest BCUT2D eigenvalue weighted by Crippen LogP contribution is 2.45. The highest BCUT2D eigenvalue weighted by atomic mass is 16.3. The summed E-state index contributed by atoms with van der Waals surface area (Å²) in [5.74, 6) is 0.366. The number of rotatable bonds is 5. The van der Waals surface area contributed by atoms with Gasteiger partial charge in [-0.2, -0.15) is 5.10 Å². The molecule has 1 aromatic carbocycles. The number of benzene rings is 1. The molecule has 0 aliphatic carbocycles. The molecule has 2 saturated heterocycles. The molecule has 6 heteroatoms. The van der Waals surface area contributed by atoms with Crippen molar-refractivity contribution in [2.45, 2.75) is 32.9 Å². The van der Waals surface area contributed by atoms with Crippen LogP contribution >= 0.6 is 0 Å². The van der Waals surface area contributed by atoms with Crippen molar-refractivity contribution in [3.63, 3.8) is 0 Å². The van der Waals surface area contributed by atoms with Crippen molar-refractivity contribution in [1.82, 2.24) is 19.6 Å². The lowest BCUT2D eigenvalue weighted by atomic mass is 9.71. The molecule has 1 unspecified atom stereocenters. The number of carbonyl (C=O) groups excluding carboxylic acids is 1. The molecule has 0 saturated carbocycles. The maximum absolute atomic E-state index is 12.8. The molecular formula is C22H30N4O2. The highest BCUT2D eigenvalue weighted by molar-refractivity contribution is 5.93. The van der Waals surface area contributed by atoms with Crippen molar-refractivity contribution < 1.29 is 9.90 Å². The average molecular weight is 383 g/mol. The normalized spacial score (nSPS) is 22.1. The lowest BCUT2D eigenvalue weighted by Gasteiger charge is -2.42. The highest BCUT2D eigenvalue weighted by Gasteiger charge is 2.48. The minimum atomic E-state index is 0.0780. The lowest BCUT2D eigenvalue weighted by Crippen LogP contribution is -2.47. The number of aliphatic hydroxyl groups excluding tert-OH is 1. The molecule has 1 amide bonds. The van der Waals surface area contributed by atoms with Crippen LogP contribution in [-0.4, -0.2) is 63.4 Å². The summed E-state index contributed by atoms with van der Waals surface area (Å²) in [7, 11) is 0. The van der Waals surface area contributed by atoms with Crippen LogP contribution < -0.4 is 0 Å². The number of aliphatic hydroxyl groups is 1. The first-order valence-corrected chi connectivity index (χ1v) is 10.3. The van der Waals surface area contributed by atoms with Crippen LogP contribution in [0.25, 0.3) is 0 Å². The van der Waals surface area contributed by atoms with E-state index in [9.17, 15) is 9.90 Å². The van der Waals surface area contributed by atoms with Gasteiger partial charge in [0.15, 0.2) is 0 Å². The van der Waals surface area contributed by atoms with E-state index in [2.05, 4.69) is 34.3 Å². The Kier molecular flexibility index (Phi) is 5.51. The van der Waals surface area contributed by atoms with Gasteiger partial charge in [0.2, 0.25) is 0 Å². The van der Waals surface area contributed by atoms with Gasteiger partial charge >= 0.3 is 0 Å². The van der Waals surface area contributed by atoms with E-state index in [1.54, 1.807) is 10.9 Å². The van der Waals surface area contributed by atoms with Gasteiger partial charge in [0.25, 0.3) is 5.91 Å². The van der Waals surface area contributed by atoms with Crippen LogP contribution in [0.5, 0.6) is 0 Å². The molecule has 1 spiro atoms. The Morgan fingerprint density at radius 3 is 2.64 bits per heavy atom. The van der Waals surface area contributed by atoms with Crippen molar-refractivity contribution in [2.24, 2.45) is 11.3 Å². The molecule has 2 aromatic rings. The van der Waals surface area contributed by atoms with Gasteiger partial charge in [-0.15, -0.1) is 0 Å². The quantitative estimate of drug-likeness (QED) is 0.862. The van der Waals surface area contributed by atoms with Gasteiger partial charge in [0, 0.05) is 58.0 Å². The summed E-state index contributed by atoms with van der Waals surface area (Å²) >= 11 is 0. The standard InChI is InChI=1S/C22H30N4O2/c1-2-26-14-19(12-23-26)21(28)25-10-8-22(9-11-25)17-24(15-20(22)16-27)13-18-6-4-3-5-7-18/h3-7,12,14,20,27H,2,8-11,13,15-17H2,1H3. The van der Waals surface area contributed by atoms with Crippen LogP contribution in [0.15, 0.2) is 42.7 Å². The number of amides is 1. The van der Waals surface area contributed by atoms with Gasteiger partial charge in [-0.05, 0) is 30.7 Å². The predicted molar refractivity (Wildman–Crippen MR) is 108 cm³/mol. The van der Waals surface area contributed by atoms with Gasteiger partial charge < -0.3 is 10.0 Å². The molecule has 28 heavy (non-hydrogen) atoms. The van der Waals surface area contributed by atoms with E-state index in [-0.39, 0.29) is 23.8 Å². The Morgan fingerprint density at radius 2 is 2.00 bits per heavy atom. The SMILES string of the molecule is CCn1cc(C(=O)N2CCC3(CC2)CN(Cc2ccccc2)CC3CO)cn1. The number of hydrogen-bond donors (Lipinski definition) is 1. The summed E-state index contributed by atoms with van der Waals surface area (Å²) in [6.07, 6.45) is 5.42. The van der Waals surface area contributed by atoms with Crippen LogP contribution in [0.4, 0.5) is 0 Å². The van der Waals surface area contributed by atoms with Crippen molar-refractivity contribution in [3.05, 3.63) is 53.9 Å². The molecular weight excluding hydrogens is 352 g/mol. The van der Waals surface area contributed by atoms with Crippen LogP contribution in [0, 0.1) is 11.3 Å². The third-order valence-electron chi connectivity index (χ3n) is 6.60. The van der Waals surface area contributed by atoms with Crippen LogP contribution in [0.1, 0.15) is 35.7 Å². The maximum Gasteiger partial charge on any atom is 0.257 e. The number of carbonyl (C=O) groups is 1. The number of aryl methyl sites for hydroxylation is 1. The molecule has 150 valence electrons. The first-order chi connectivity index (χ1) is 13.6. The molecule has 2 aliphatic heterocycles. The Labute approximate surface area is 166 Å². The molecule has 1 aromatic heterocycles. The Morgan fingerprint density at radius 1 is 1.25 bits per heavy atom. The largest absolute Gasteiger partial charge is 0.396 e. The summed E-state index contributed by atoms with van der Waals surface area (Å²) in [5, 5.41) is 14.3. The van der Waals surface area contributed by atoms with Crippen molar-refractivity contribution in [1.29, 1.82) is 0 Å². The molecule has 0 bridgehead atoms. The van der Waals surface area contributed by atoms with Gasteiger partial charge in [-0.3, -0.25) is 14.4 Å². The predicted octanol–water partition coefficient (Wildman–Crippen LogP) is 2.25.